The monoisotopic (exact) mass is 245 g/mol. The maximum atomic E-state index is 11.8. The van der Waals surface area contributed by atoms with Crippen molar-refractivity contribution >= 4 is 23.2 Å². The maximum Gasteiger partial charge on any atom is 0.244 e. The molecule has 1 aliphatic rings. The molecule has 0 bridgehead atoms. The van der Waals surface area contributed by atoms with Crippen molar-refractivity contribution < 1.29 is 9.59 Å². The minimum atomic E-state index is -0.328. The van der Waals surface area contributed by atoms with Crippen LogP contribution in [0.4, 0.5) is 5.69 Å². The highest BCUT2D eigenvalue weighted by atomic mass is 16.2. The number of rotatable bonds is 3. The molecule has 0 saturated heterocycles. The van der Waals surface area contributed by atoms with E-state index in [1.54, 1.807) is 0 Å². The van der Waals surface area contributed by atoms with Gasteiger partial charge in [-0.1, -0.05) is 18.2 Å². The second-order valence-corrected chi connectivity index (χ2v) is 4.34. The summed E-state index contributed by atoms with van der Waals surface area (Å²) in [5, 5.41) is 6.60. The minimum absolute atomic E-state index is 0.156. The van der Waals surface area contributed by atoms with E-state index in [4.69, 9.17) is 0 Å². The Hall–Kier alpha value is -2.17. The molecule has 1 atom stereocenters. The van der Waals surface area contributed by atoms with Gasteiger partial charge in [-0.2, -0.15) is 5.10 Å². The van der Waals surface area contributed by atoms with E-state index >= 15 is 0 Å². The Morgan fingerprint density at radius 3 is 2.89 bits per heavy atom. The third-order valence-electron chi connectivity index (χ3n) is 2.76. The van der Waals surface area contributed by atoms with Crippen LogP contribution in [-0.2, 0) is 9.59 Å². The Morgan fingerprint density at radius 2 is 2.17 bits per heavy atom. The summed E-state index contributed by atoms with van der Waals surface area (Å²) in [6, 6.07) is 9.20. The summed E-state index contributed by atoms with van der Waals surface area (Å²) in [4.78, 5) is 23.3. The summed E-state index contributed by atoms with van der Waals surface area (Å²) in [6.45, 7) is 1.83. The van der Waals surface area contributed by atoms with Crippen LogP contribution in [0.15, 0.2) is 35.4 Å². The summed E-state index contributed by atoms with van der Waals surface area (Å²) < 4.78 is 0. The van der Waals surface area contributed by atoms with Gasteiger partial charge in [-0.3, -0.25) is 9.59 Å². The van der Waals surface area contributed by atoms with Crippen molar-refractivity contribution in [3.63, 3.8) is 0 Å². The second-order valence-electron chi connectivity index (χ2n) is 4.34. The number of carbonyl (C=O) groups is 2. The normalized spacial score (nSPS) is 18.8. The topological polar surface area (TPSA) is 70.6 Å². The van der Waals surface area contributed by atoms with E-state index in [0.29, 0.717) is 6.42 Å². The zero-order valence-corrected chi connectivity index (χ0v) is 10.1. The quantitative estimate of drug-likeness (QED) is 0.847. The smallest absolute Gasteiger partial charge is 0.244 e. The Kier molecular flexibility index (Phi) is 3.72. The van der Waals surface area contributed by atoms with Gasteiger partial charge in [-0.25, -0.2) is 5.43 Å². The van der Waals surface area contributed by atoms with E-state index < -0.39 is 0 Å². The van der Waals surface area contributed by atoms with Crippen molar-refractivity contribution in [3.8, 4) is 0 Å². The van der Waals surface area contributed by atoms with Crippen LogP contribution in [0.1, 0.15) is 19.8 Å². The number of nitrogens with one attached hydrogen (secondary N) is 2. The Bertz CT molecular complexity index is 482. The number of carbonyl (C=O) groups excluding carboxylic acids is 2. The van der Waals surface area contributed by atoms with E-state index in [1.807, 2.05) is 37.3 Å². The van der Waals surface area contributed by atoms with Crippen molar-refractivity contribution in [2.75, 3.05) is 5.32 Å². The largest absolute Gasteiger partial charge is 0.326 e. The lowest BCUT2D eigenvalue weighted by atomic mass is 9.96. The summed E-state index contributed by atoms with van der Waals surface area (Å²) >= 11 is 0. The fraction of sp³-hybridized carbons (Fsp3) is 0.308. The van der Waals surface area contributed by atoms with Gasteiger partial charge in [0.1, 0.15) is 0 Å². The molecule has 5 heteroatoms. The van der Waals surface area contributed by atoms with Crippen molar-refractivity contribution in [2.45, 2.75) is 19.8 Å². The van der Waals surface area contributed by atoms with Crippen molar-refractivity contribution in [1.82, 2.24) is 5.43 Å². The highest BCUT2D eigenvalue weighted by molar-refractivity contribution is 5.98. The number of nitrogens with zero attached hydrogens (tertiary/aromatic N) is 1. The molecule has 1 aromatic carbocycles. The Labute approximate surface area is 105 Å². The van der Waals surface area contributed by atoms with E-state index in [-0.39, 0.29) is 24.2 Å². The average Bonchev–Trinajstić information content (AvgIpc) is 2.35. The van der Waals surface area contributed by atoms with Gasteiger partial charge in [-0.05, 0) is 25.5 Å². The van der Waals surface area contributed by atoms with Gasteiger partial charge in [-0.15, -0.1) is 0 Å². The van der Waals surface area contributed by atoms with Crippen molar-refractivity contribution in [1.29, 1.82) is 0 Å². The molecule has 0 aliphatic carbocycles. The molecule has 0 spiro atoms. The number of anilines is 1. The lowest BCUT2D eigenvalue weighted by molar-refractivity contribution is -0.128. The zero-order chi connectivity index (χ0) is 13.0. The van der Waals surface area contributed by atoms with Crippen LogP contribution in [0.5, 0.6) is 0 Å². The van der Waals surface area contributed by atoms with Crippen LogP contribution in [-0.4, -0.2) is 17.5 Å². The maximum absolute atomic E-state index is 11.8. The second kappa shape index (κ2) is 5.44. The lowest BCUT2D eigenvalue weighted by Gasteiger charge is -2.19. The minimum Gasteiger partial charge on any atom is -0.326 e. The predicted molar refractivity (Wildman–Crippen MR) is 69.0 cm³/mol. The first-order valence-corrected chi connectivity index (χ1v) is 5.83. The summed E-state index contributed by atoms with van der Waals surface area (Å²) in [6.07, 6.45) is 0.710. The highest BCUT2D eigenvalue weighted by Crippen LogP contribution is 2.15. The summed E-state index contributed by atoms with van der Waals surface area (Å²) in [7, 11) is 0. The number of hydrogen-bond acceptors (Lipinski definition) is 3. The molecule has 94 valence electrons. The van der Waals surface area contributed by atoms with Crippen LogP contribution in [0.3, 0.4) is 0 Å². The van der Waals surface area contributed by atoms with Gasteiger partial charge in [0.15, 0.2) is 0 Å². The molecule has 5 nitrogen and oxygen atoms in total. The fourth-order valence-corrected chi connectivity index (χ4v) is 1.86. The summed E-state index contributed by atoms with van der Waals surface area (Å²) in [5.74, 6) is -0.675. The molecule has 1 unspecified atom stereocenters. The van der Waals surface area contributed by atoms with Gasteiger partial charge in [0, 0.05) is 17.8 Å². The molecule has 0 saturated carbocycles. The zero-order valence-electron chi connectivity index (χ0n) is 10.1. The molecule has 2 N–H and O–H groups in total. The van der Waals surface area contributed by atoms with E-state index in [1.165, 1.54) is 0 Å². The molecule has 1 heterocycles. The van der Waals surface area contributed by atoms with Crippen LogP contribution in [0.2, 0.25) is 0 Å². The van der Waals surface area contributed by atoms with Crippen LogP contribution >= 0.6 is 0 Å². The number of hydrazone groups is 1. The first-order chi connectivity index (χ1) is 8.65. The fourth-order valence-electron chi connectivity index (χ4n) is 1.86. The highest BCUT2D eigenvalue weighted by Gasteiger charge is 2.25. The van der Waals surface area contributed by atoms with Crippen molar-refractivity contribution in [2.24, 2.45) is 11.0 Å². The molecule has 2 amide bonds. The lowest BCUT2D eigenvalue weighted by Crippen LogP contribution is -2.35. The van der Waals surface area contributed by atoms with Gasteiger partial charge >= 0.3 is 0 Å². The molecule has 0 aromatic heterocycles. The first-order valence-electron chi connectivity index (χ1n) is 5.83. The van der Waals surface area contributed by atoms with Gasteiger partial charge in [0.05, 0.1) is 5.92 Å². The SMILES string of the molecule is CC1=NNC(=O)C(CC(=O)Nc2ccccc2)C1. The molecule has 2 rings (SSSR count). The molecular formula is C13H15N3O2. The molecule has 18 heavy (non-hydrogen) atoms. The van der Waals surface area contributed by atoms with Crippen LogP contribution in [0, 0.1) is 5.92 Å². The molecule has 0 fully saturated rings. The average molecular weight is 245 g/mol. The Balaban J connectivity index is 1.92. The van der Waals surface area contributed by atoms with Crippen LogP contribution in [0.25, 0.3) is 0 Å². The summed E-state index contributed by atoms with van der Waals surface area (Å²) in [5.41, 5.74) is 4.00. The number of hydrogen-bond donors (Lipinski definition) is 2. The van der Waals surface area contributed by atoms with E-state index in [9.17, 15) is 9.59 Å². The molecule has 0 radical (unpaired) electrons. The number of benzene rings is 1. The standard InChI is InChI=1S/C13H15N3O2/c1-9-7-10(13(18)16-15-9)8-12(17)14-11-5-3-2-4-6-11/h2-6,10H,7-8H2,1H3,(H,14,17)(H,16,18). The third kappa shape index (κ3) is 3.16. The van der Waals surface area contributed by atoms with Gasteiger partial charge in [0.25, 0.3) is 0 Å². The number of amides is 2. The molecular weight excluding hydrogens is 230 g/mol. The van der Waals surface area contributed by atoms with Gasteiger partial charge in [0.2, 0.25) is 11.8 Å². The Morgan fingerprint density at radius 1 is 1.44 bits per heavy atom. The van der Waals surface area contributed by atoms with E-state index in [0.717, 1.165) is 11.4 Å². The third-order valence-corrected chi connectivity index (χ3v) is 2.76. The molecule has 1 aromatic rings. The van der Waals surface area contributed by atoms with E-state index in [2.05, 4.69) is 15.8 Å². The first kappa shape index (κ1) is 12.3. The van der Waals surface area contributed by atoms with Gasteiger partial charge < -0.3 is 5.32 Å². The predicted octanol–water partition coefficient (Wildman–Crippen LogP) is 1.53. The molecule has 1 aliphatic heterocycles. The number of para-hydroxylation sites is 1. The van der Waals surface area contributed by atoms with Crippen LogP contribution < -0.4 is 10.7 Å². The van der Waals surface area contributed by atoms with Crippen molar-refractivity contribution in [3.05, 3.63) is 30.3 Å².